The Labute approximate surface area is 133 Å². The molecular formula is C16H19FN4O2. The second-order valence-electron chi connectivity index (χ2n) is 5.94. The largest absolute Gasteiger partial charge is 0.368 e. The molecule has 7 heteroatoms. The van der Waals surface area contributed by atoms with Crippen molar-refractivity contribution in [2.24, 2.45) is 12.8 Å². The first-order chi connectivity index (χ1) is 10.9. The first-order valence-electron chi connectivity index (χ1n) is 7.42. The molecule has 0 aliphatic carbocycles. The van der Waals surface area contributed by atoms with Gasteiger partial charge in [-0.05, 0) is 31.3 Å². The Balaban J connectivity index is 1.91. The van der Waals surface area contributed by atoms with Gasteiger partial charge in [0.15, 0.2) is 0 Å². The Morgan fingerprint density at radius 2 is 1.96 bits per heavy atom. The van der Waals surface area contributed by atoms with Crippen molar-refractivity contribution in [3.05, 3.63) is 35.8 Å². The van der Waals surface area contributed by atoms with Crippen molar-refractivity contribution in [1.29, 1.82) is 0 Å². The zero-order valence-corrected chi connectivity index (χ0v) is 13.1. The Hall–Kier alpha value is -2.41. The molecule has 6 nitrogen and oxygen atoms in total. The van der Waals surface area contributed by atoms with Gasteiger partial charge in [-0.3, -0.25) is 14.5 Å². The van der Waals surface area contributed by atoms with Crippen LogP contribution in [0, 0.1) is 5.82 Å². The van der Waals surface area contributed by atoms with E-state index in [9.17, 15) is 14.0 Å². The van der Waals surface area contributed by atoms with Crippen molar-refractivity contribution < 1.29 is 14.0 Å². The summed E-state index contributed by atoms with van der Waals surface area (Å²) in [7, 11) is 3.59. The zero-order chi connectivity index (χ0) is 16.7. The number of aryl methyl sites for hydroxylation is 1. The molecule has 2 aromatic rings. The van der Waals surface area contributed by atoms with Crippen LogP contribution in [0.25, 0.3) is 10.9 Å². The predicted octanol–water partition coefficient (Wildman–Crippen LogP) is 0.559. The van der Waals surface area contributed by atoms with E-state index < -0.39 is 11.9 Å². The fraction of sp³-hybridized carbons (Fsp3) is 0.375. The highest BCUT2D eigenvalue weighted by Crippen LogP contribution is 2.22. The number of nitrogens with zero attached hydrogens (tertiary/aromatic N) is 3. The molecule has 1 aliphatic heterocycles. The molecule has 0 bridgehead atoms. The van der Waals surface area contributed by atoms with Crippen molar-refractivity contribution in [2.75, 3.05) is 26.7 Å². The molecule has 122 valence electrons. The molecular weight excluding hydrogens is 299 g/mol. The zero-order valence-electron chi connectivity index (χ0n) is 13.1. The van der Waals surface area contributed by atoms with Gasteiger partial charge in [0, 0.05) is 37.6 Å². The highest BCUT2D eigenvalue weighted by atomic mass is 19.1. The van der Waals surface area contributed by atoms with E-state index in [-0.39, 0.29) is 18.3 Å². The van der Waals surface area contributed by atoms with Gasteiger partial charge in [-0.15, -0.1) is 0 Å². The average molecular weight is 318 g/mol. The summed E-state index contributed by atoms with van der Waals surface area (Å²) in [5.74, 6) is -0.955. The third-order valence-electron chi connectivity index (χ3n) is 4.49. The average Bonchev–Trinajstić information content (AvgIpc) is 2.83. The number of halogens is 1. The van der Waals surface area contributed by atoms with Crippen molar-refractivity contribution in [2.45, 2.75) is 6.04 Å². The number of rotatable bonds is 2. The van der Waals surface area contributed by atoms with Gasteiger partial charge in [0.05, 0.1) is 0 Å². The molecule has 0 radical (unpaired) electrons. The standard InChI is InChI=1S/C16H19FN4O2/c1-19-5-6-21(9-14(19)15(18)22)16(23)13-8-10-7-11(17)3-4-12(10)20(13)2/h3-4,7-8,14H,5-6,9H2,1-2H3,(H2,18,22). The second-order valence-corrected chi connectivity index (χ2v) is 5.94. The van der Waals surface area contributed by atoms with Gasteiger partial charge in [-0.1, -0.05) is 0 Å². The lowest BCUT2D eigenvalue weighted by molar-refractivity contribution is -0.124. The molecule has 1 unspecified atom stereocenters. The van der Waals surface area contributed by atoms with Crippen molar-refractivity contribution in [3.8, 4) is 0 Å². The molecule has 1 atom stereocenters. The van der Waals surface area contributed by atoms with Crippen LogP contribution in [0.1, 0.15) is 10.5 Å². The van der Waals surface area contributed by atoms with Crippen LogP contribution in [0.3, 0.4) is 0 Å². The normalized spacial score (nSPS) is 19.3. The van der Waals surface area contributed by atoms with E-state index in [1.807, 2.05) is 11.9 Å². The monoisotopic (exact) mass is 318 g/mol. The summed E-state index contributed by atoms with van der Waals surface area (Å²) in [5.41, 5.74) is 6.66. The lowest BCUT2D eigenvalue weighted by Gasteiger charge is -2.37. The van der Waals surface area contributed by atoms with Crippen molar-refractivity contribution in [3.63, 3.8) is 0 Å². The minimum atomic E-state index is -0.486. The molecule has 1 aliphatic rings. The number of hydrogen-bond donors (Lipinski definition) is 1. The van der Waals surface area contributed by atoms with Gasteiger partial charge in [0.2, 0.25) is 5.91 Å². The maximum absolute atomic E-state index is 13.4. The lowest BCUT2D eigenvalue weighted by Crippen LogP contribution is -2.58. The van der Waals surface area contributed by atoms with Crippen LogP contribution in [0.15, 0.2) is 24.3 Å². The number of hydrogen-bond acceptors (Lipinski definition) is 3. The summed E-state index contributed by atoms with van der Waals surface area (Å²) in [6, 6.07) is 5.62. The summed E-state index contributed by atoms with van der Waals surface area (Å²) in [6.45, 7) is 1.37. The number of likely N-dealkylation sites (N-methyl/N-ethyl adjacent to an activating group) is 1. The van der Waals surface area contributed by atoms with Crippen LogP contribution in [0.4, 0.5) is 4.39 Å². The molecule has 23 heavy (non-hydrogen) atoms. The number of aromatic nitrogens is 1. The van der Waals surface area contributed by atoms with E-state index >= 15 is 0 Å². The molecule has 3 rings (SSSR count). The highest BCUT2D eigenvalue weighted by molar-refractivity contribution is 5.99. The van der Waals surface area contributed by atoms with Crippen LogP contribution >= 0.6 is 0 Å². The molecule has 0 spiro atoms. The summed E-state index contributed by atoms with van der Waals surface area (Å²) in [5, 5.41) is 0.677. The molecule has 1 aromatic carbocycles. The molecule has 2 heterocycles. The van der Waals surface area contributed by atoms with E-state index in [2.05, 4.69) is 0 Å². The smallest absolute Gasteiger partial charge is 0.270 e. The summed E-state index contributed by atoms with van der Waals surface area (Å²) in [6.07, 6.45) is 0. The lowest BCUT2D eigenvalue weighted by atomic mass is 10.1. The molecule has 1 saturated heterocycles. The van der Waals surface area contributed by atoms with E-state index in [1.165, 1.54) is 12.1 Å². The predicted molar refractivity (Wildman–Crippen MR) is 84.4 cm³/mol. The SMILES string of the molecule is CN1CCN(C(=O)c2cc3cc(F)ccc3n2C)CC1C(N)=O. The van der Waals surface area contributed by atoms with E-state index in [1.54, 1.807) is 28.6 Å². The quantitative estimate of drug-likeness (QED) is 0.879. The number of carbonyl (C=O) groups excluding carboxylic acids is 2. The number of piperazine rings is 1. The van der Waals surface area contributed by atoms with Gasteiger partial charge in [0.1, 0.15) is 17.6 Å². The minimum Gasteiger partial charge on any atom is -0.368 e. The number of amides is 2. The molecule has 0 saturated carbocycles. The number of primary amides is 1. The minimum absolute atomic E-state index is 0.177. The Bertz CT molecular complexity index is 786. The van der Waals surface area contributed by atoms with E-state index in [4.69, 9.17) is 5.73 Å². The molecule has 1 fully saturated rings. The Morgan fingerprint density at radius 3 is 2.65 bits per heavy atom. The Morgan fingerprint density at radius 1 is 1.22 bits per heavy atom. The fourth-order valence-electron chi connectivity index (χ4n) is 3.05. The van der Waals surface area contributed by atoms with Crippen LogP contribution < -0.4 is 5.73 Å². The van der Waals surface area contributed by atoms with Gasteiger partial charge < -0.3 is 15.2 Å². The van der Waals surface area contributed by atoms with Crippen LogP contribution in [-0.2, 0) is 11.8 Å². The van der Waals surface area contributed by atoms with Crippen LogP contribution in [0.2, 0.25) is 0 Å². The van der Waals surface area contributed by atoms with E-state index in [0.29, 0.717) is 24.2 Å². The first-order valence-corrected chi connectivity index (χ1v) is 7.42. The number of benzene rings is 1. The third-order valence-corrected chi connectivity index (χ3v) is 4.49. The topological polar surface area (TPSA) is 71.6 Å². The first kappa shape index (κ1) is 15.5. The maximum Gasteiger partial charge on any atom is 0.270 e. The highest BCUT2D eigenvalue weighted by Gasteiger charge is 2.32. The molecule has 1 aromatic heterocycles. The fourth-order valence-corrected chi connectivity index (χ4v) is 3.05. The van der Waals surface area contributed by atoms with Crippen LogP contribution in [-0.4, -0.2) is 58.9 Å². The van der Waals surface area contributed by atoms with Gasteiger partial charge in [-0.2, -0.15) is 0 Å². The van der Waals surface area contributed by atoms with Crippen molar-refractivity contribution in [1.82, 2.24) is 14.4 Å². The Kier molecular flexibility index (Phi) is 3.81. The molecule has 2 N–H and O–H groups in total. The van der Waals surface area contributed by atoms with Gasteiger partial charge in [0.25, 0.3) is 5.91 Å². The van der Waals surface area contributed by atoms with Crippen molar-refractivity contribution >= 4 is 22.7 Å². The molecule has 2 amide bonds. The van der Waals surface area contributed by atoms with Gasteiger partial charge >= 0.3 is 0 Å². The summed E-state index contributed by atoms with van der Waals surface area (Å²) in [4.78, 5) is 27.8. The third kappa shape index (κ3) is 2.68. The van der Waals surface area contributed by atoms with E-state index in [0.717, 1.165) is 5.52 Å². The number of fused-ring (bicyclic) bond motifs is 1. The van der Waals surface area contributed by atoms with Gasteiger partial charge in [-0.25, -0.2) is 4.39 Å². The summed E-state index contributed by atoms with van der Waals surface area (Å²) < 4.78 is 15.1. The summed E-state index contributed by atoms with van der Waals surface area (Å²) >= 11 is 0. The number of carbonyl (C=O) groups is 2. The van der Waals surface area contributed by atoms with Crippen LogP contribution in [0.5, 0.6) is 0 Å². The second kappa shape index (κ2) is 5.66. The number of nitrogens with two attached hydrogens (primary N) is 1. The maximum atomic E-state index is 13.4.